The number of aliphatic imine (C=N–C) groups is 1. The van der Waals surface area contributed by atoms with Crippen molar-refractivity contribution in [2.75, 3.05) is 60.5 Å². The maximum absolute atomic E-state index is 12.3. The SMILES string of the molecule is CCOCCC1(CNC(=NC)NCCCN2CCCC2C(=O)N(C)C)CCCC1. The van der Waals surface area contributed by atoms with Crippen LogP contribution in [0.3, 0.4) is 0 Å². The molecule has 2 rings (SSSR count). The average Bonchev–Trinajstić information content (AvgIpc) is 3.37. The number of nitrogens with zero attached hydrogens (tertiary/aromatic N) is 3. The van der Waals surface area contributed by atoms with Crippen LogP contribution in [-0.4, -0.2) is 88.2 Å². The molecule has 2 fully saturated rings. The third-order valence-corrected chi connectivity index (χ3v) is 6.50. The topological polar surface area (TPSA) is 69.2 Å². The molecule has 7 nitrogen and oxygen atoms in total. The molecule has 1 saturated carbocycles. The highest BCUT2D eigenvalue weighted by atomic mass is 16.5. The van der Waals surface area contributed by atoms with Crippen LogP contribution in [0.1, 0.15) is 58.3 Å². The number of likely N-dealkylation sites (N-methyl/N-ethyl adjacent to an activating group) is 1. The van der Waals surface area contributed by atoms with Crippen molar-refractivity contribution in [1.29, 1.82) is 0 Å². The van der Waals surface area contributed by atoms with Crippen molar-refractivity contribution in [3.8, 4) is 0 Å². The van der Waals surface area contributed by atoms with E-state index in [1.54, 1.807) is 4.90 Å². The minimum absolute atomic E-state index is 0.0648. The Morgan fingerprint density at radius 3 is 2.66 bits per heavy atom. The van der Waals surface area contributed by atoms with Crippen LogP contribution in [0.2, 0.25) is 0 Å². The van der Waals surface area contributed by atoms with E-state index in [-0.39, 0.29) is 11.9 Å². The number of guanidine groups is 1. The largest absolute Gasteiger partial charge is 0.382 e. The second-order valence-corrected chi connectivity index (χ2v) is 8.79. The first-order chi connectivity index (χ1) is 14.0. The lowest BCUT2D eigenvalue weighted by molar-refractivity contribution is -0.133. The number of carbonyl (C=O) groups excluding carboxylic acids is 1. The summed E-state index contributed by atoms with van der Waals surface area (Å²) in [6, 6.07) is 0.0648. The molecule has 1 heterocycles. The van der Waals surface area contributed by atoms with E-state index in [4.69, 9.17) is 4.74 Å². The Morgan fingerprint density at radius 2 is 2.00 bits per heavy atom. The molecule has 168 valence electrons. The Balaban J connectivity index is 1.70. The van der Waals surface area contributed by atoms with Gasteiger partial charge in [0, 0.05) is 54.0 Å². The van der Waals surface area contributed by atoms with Gasteiger partial charge < -0.3 is 20.3 Å². The molecule has 29 heavy (non-hydrogen) atoms. The number of hydrogen-bond acceptors (Lipinski definition) is 4. The number of hydrogen-bond donors (Lipinski definition) is 2. The van der Waals surface area contributed by atoms with Crippen LogP contribution in [0.15, 0.2) is 4.99 Å². The molecule has 1 amide bonds. The molecule has 1 saturated heterocycles. The van der Waals surface area contributed by atoms with Crippen molar-refractivity contribution in [1.82, 2.24) is 20.4 Å². The number of nitrogens with one attached hydrogen (secondary N) is 2. The number of carbonyl (C=O) groups is 1. The van der Waals surface area contributed by atoms with Gasteiger partial charge in [0.2, 0.25) is 5.91 Å². The molecular formula is C22H43N5O2. The van der Waals surface area contributed by atoms with E-state index in [0.717, 1.165) is 71.0 Å². The van der Waals surface area contributed by atoms with Crippen LogP contribution in [0.4, 0.5) is 0 Å². The fraction of sp³-hybridized carbons (Fsp3) is 0.909. The molecule has 1 atom stereocenters. The molecule has 1 aliphatic heterocycles. The Morgan fingerprint density at radius 1 is 1.24 bits per heavy atom. The molecular weight excluding hydrogens is 366 g/mol. The predicted molar refractivity (Wildman–Crippen MR) is 119 cm³/mol. The smallest absolute Gasteiger partial charge is 0.239 e. The van der Waals surface area contributed by atoms with Crippen molar-refractivity contribution < 1.29 is 9.53 Å². The highest BCUT2D eigenvalue weighted by molar-refractivity contribution is 5.81. The summed E-state index contributed by atoms with van der Waals surface area (Å²) in [5, 5.41) is 7.01. The number of amides is 1. The Kier molecular flexibility index (Phi) is 10.2. The molecule has 0 aromatic heterocycles. The molecule has 0 aromatic carbocycles. The fourth-order valence-electron chi connectivity index (χ4n) is 4.73. The fourth-order valence-corrected chi connectivity index (χ4v) is 4.73. The quantitative estimate of drug-likeness (QED) is 0.311. The molecule has 1 unspecified atom stereocenters. The summed E-state index contributed by atoms with van der Waals surface area (Å²) in [5.41, 5.74) is 0.349. The predicted octanol–water partition coefficient (Wildman–Crippen LogP) is 2.08. The molecule has 7 heteroatoms. The average molecular weight is 410 g/mol. The Hall–Kier alpha value is -1.34. The summed E-state index contributed by atoms with van der Waals surface area (Å²) in [6.07, 6.45) is 9.43. The molecule has 1 aliphatic carbocycles. The first-order valence-corrected chi connectivity index (χ1v) is 11.5. The van der Waals surface area contributed by atoms with E-state index in [9.17, 15) is 4.79 Å². The van der Waals surface area contributed by atoms with Gasteiger partial charge in [-0.1, -0.05) is 12.8 Å². The van der Waals surface area contributed by atoms with Gasteiger partial charge in [0.15, 0.2) is 5.96 Å². The van der Waals surface area contributed by atoms with E-state index in [2.05, 4.69) is 27.4 Å². The van der Waals surface area contributed by atoms with Crippen LogP contribution in [0, 0.1) is 5.41 Å². The summed E-state index contributed by atoms with van der Waals surface area (Å²) in [4.78, 5) is 20.8. The van der Waals surface area contributed by atoms with Crippen molar-refractivity contribution in [2.45, 2.75) is 64.3 Å². The standard InChI is InChI=1S/C22H43N5O2/c1-5-29-17-13-22(11-6-7-12-22)18-25-21(23-2)24-14-9-16-27-15-8-10-19(27)20(28)26(3)4/h19H,5-18H2,1-4H3,(H2,23,24,25). The van der Waals surface area contributed by atoms with Gasteiger partial charge in [-0.3, -0.25) is 14.7 Å². The van der Waals surface area contributed by atoms with Crippen molar-refractivity contribution in [3.63, 3.8) is 0 Å². The molecule has 0 bridgehead atoms. The normalized spacial score (nSPS) is 22.1. The maximum atomic E-state index is 12.3. The van der Waals surface area contributed by atoms with Gasteiger partial charge in [0.1, 0.15) is 0 Å². The van der Waals surface area contributed by atoms with Gasteiger partial charge in [0.25, 0.3) is 0 Å². The van der Waals surface area contributed by atoms with Crippen molar-refractivity contribution in [3.05, 3.63) is 0 Å². The van der Waals surface area contributed by atoms with Gasteiger partial charge in [-0.25, -0.2) is 0 Å². The Labute approximate surface area is 177 Å². The van der Waals surface area contributed by atoms with Crippen molar-refractivity contribution in [2.24, 2.45) is 10.4 Å². The maximum Gasteiger partial charge on any atom is 0.239 e. The summed E-state index contributed by atoms with van der Waals surface area (Å²) in [5.74, 6) is 1.12. The van der Waals surface area contributed by atoms with Gasteiger partial charge in [-0.15, -0.1) is 0 Å². The van der Waals surface area contributed by atoms with E-state index in [1.165, 1.54) is 25.7 Å². The summed E-state index contributed by atoms with van der Waals surface area (Å²) < 4.78 is 5.62. The second-order valence-electron chi connectivity index (χ2n) is 8.79. The number of rotatable bonds is 11. The monoisotopic (exact) mass is 409 g/mol. The van der Waals surface area contributed by atoms with Gasteiger partial charge in [-0.05, 0) is 57.4 Å². The Bertz CT molecular complexity index is 517. The third kappa shape index (κ3) is 7.45. The lowest BCUT2D eigenvalue weighted by Gasteiger charge is -2.30. The van der Waals surface area contributed by atoms with Gasteiger partial charge >= 0.3 is 0 Å². The third-order valence-electron chi connectivity index (χ3n) is 6.50. The lowest BCUT2D eigenvalue weighted by Crippen LogP contribution is -2.45. The van der Waals surface area contributed by atoms with Crippen LogP contribution in [0.5, 0.6) is 0 Å². The first-order valence-electron chi connectivity index (χ1n) is 11.5. The highest BCUT2D eigenvalue weighted by Gasteiger charge is 2.34. The summed E-state index contributed by atoms with van der Waals surface area (Å²) >= 11 is 0. The zero-order chi connectivity index (χ0) is 21.1. The van der Waals surface area contributed by atoms with Crippen LogP contribution < -0.4 is 10.6 Å². The van der Waals surface area contributed by atoms with Crippen LogP contribution in [-0.2, 0) is 9.53 Å². The summed E-state index contributed by atoms with van der Waals surface area (Å²) in [6.45, 7) is 7.52. The van der Waals surface area contributed by atoms with E-state index < -0.39 is 0 Å². The number of ether oxygens (including phenoxy) is 1. The molecule has 0 aromatic rings. The molecule has 0 spiro atoms. The van der Waals surface area contributed by atoms with Crippen LogP contribution >= 0.6 is 0 Å². The molecule has 2 aliphatic rings. The zero-order valence-corrected chi connectivity index (χ0v) is 19.1. The highest BCUT2D eigenvalue weighted by Crippen LogP contribution is 2.40. The minimum atomic E-state index is 0.0648. The lowest BCUT2D eigenvalue weighted by atomic mass is 9.83. The summed E-state index contributed by atoms with van der Waals surface area (Å²) in [7, 11) is 5.53. The molecule has 0 radical (unpaired) electrons. The molecule has 2 N–H and O–H groups in total. The van der Waals surface area contributed by atoms with E-state index >= 15 is 0 Å². The van der Waals surface area contributed by atoms with Gasteiger partial charge in [0.05, 0.1) is 6.04 Å². The zero-order valence-electron chi connectivity index (χ0n) is 19.1. The van der Waals surface area contributed by atoms with Gasteiger partial charge in [-0.2, -0.15) is 0 Å². The second kappa shape index (κ2) is 12.4. The van der Waals surface area contributed by atoms with E-state index in [1.807, 2.05) is 21.1 Å². The minimum Gasteiger partial charge on any atom is -0.382 e. The van der Waals surface area contributed by atoms with E-state index in [0.29, 0.717) is 5.41 Å². The number of likely N-dealkylation sites (tertiary alicyclic amines) is 1. The first kappa shape index (κ1) is 23.9. The van der Waals surface area contributed by atoms with Crippen LogP contribution in [0.25, 0.3) is 0 Å². The van der Waals surface area contributed by atoms with Crippen molar-refractivity contribution >= 4 is 11.9 Å².